The molecule has 1 amide bonds. The van der Waals surface area contributed by atoms with E-state index in [0.717, 1.165) is 11.3 Å². The van der Waals surface area contributed by atoms with Gasteiger partial charge >= 0.3 is 0 Å². The molecule has 0 aliphatic heterocycles. The largest absolute Gasteiger partial charge is 0.352 e. The van der Waals surface area contributed by atoms with Gasteiger partial charge in [-0.15, -0.1) is 0 Å². The Balaban J connectivity index is 1.82. The number of hydrogen-bond acceptors (Lipinski definition) is 6. The SMILES string of the molecule is CCNC(=O)/C(C#N)=C/c1ccc(Nc2cnc3[nH]cc(C(=O)C(C)(C)C)c3n2)cc1. The molecule has 0 aliphatic carbocycles. The molecular formula is C23H24N6O2. The van der Waals surface area contributed by atoms with Crippen molar-refractivity contribution in [2.45, 2.75) is 27.7 Å². The van der Waals surface area contributed by atoms with E-state index in [1.54, 1.807) is 31.5 Å². The van der Waals surface area contributed by atoms with Crippen molar-refractivity contribution in [1.29, 1.82) is 5.26 Å². The highest BCUT2D eigenvalue weighted by molar-refractivity contribution is 6.08. The number of likely N-dealkylation sites (N-methyl/N-ethyl adjacent to an activating group) is 1. The van der Waals surface area contributed by atoms with Crippen molar-refractivity contribution in [3.8, 4) is 6.07 Å². The lowest BCUT2D eigenvalue weighted by atomic mass is 9.87. The minimum Gasteiger partial charge on any atom is -0.352 e. The van der Waals surface area contributed by atoms with Crippen molar-refractivity contribution in [2.24, 2.45) is 5.41 Å². The van der Waals surface area contributed by atoms with Gasteiger partial charge in [-0.3, -0.25) is 9.59 Å². The molecular weight excluding hydrogens is 392 g/mol. The molecule has 2 aromatic heterocycles. The first-order valence-corrected chi connectivity index (χ1v) is 9.89. The average molecular weight is 416 g/mol. The molecule has 8 nitrogen and oxygen atoms in total. The summed E-state index contributed by atoms with van der Waals surface area (Å²) in [4.78, 5) is 36.4. The Kier molecular flexibility index (Phi) is 6.16. The first-order chi connectivity index (χ1) is 14.7. The third-order valence-corrected chi connectivity index (χ3v) is 4.50. The van der Waals surface area contributed by atoms with E-state index >= 15 is 0 Å². The number of nitrogens with one attached hydrogen (secondary N) is 3. The number of amides is 1. The molecule has 31 heavy (non-hydrogen) atoms. The normalized spacial score (nSPS) is 11.8. The number of aromatic nitrogens is 3. The highest BCUT2D eigenvalue weighted by atomic mass is 16.1. The number of carbonyl (C=O) groups is 2. The summed E-state index contributed by atoms with van der Waals surface area (Å²) in [7, 11) is 0. The Labute approximate surface area is 180 Å². The number of nitrogens with zero attached hydrogens (tertiary/aromatic N) is 3. The zero-order valence-corrected chi connectivity index (χ0v) is 17.9. The van der Waals surface area contributed by atoms with E-state index in [4.69, 9.17) is 0 Å². The lowest BCUT2D eigenvalue weighted by Gasteiger charge is -2.15. The summed E-state index contributed by atoms with van der Waals surface area (Å²) in [6.45, 7) is 7.84. The van der Waals surface area contributed by atoms with E-state index in [-0.39, 0.29) is 11.4 Å². The van der Waals surface area contributed by atoms with Gasteiger partial charge in [-0.2, -0.15) is 5.26 Å². The molecule has 0 atom stereocenters. The molecule has 8 heteroatoms. The fourth-order valence-corrected chi connectivity index (χ4v) is 2.91. The maximum Gasteiger partial charge on any atom is 0.261 e. The lowest BCUT2D eigenvalue weighted by Crippen LogP contribution is -2.23. The third kappa shape index (κ3) is 4.95. The standard InChI is InChI=1S/C23H24N6O2/c1-5-25-22(31)15(11-24)10-14-6-8-16(9-7-14)28-18-13-27-21-19(29-18)17(12-26-21)20(30)23(2,3)4/h6-10,12-13H,5H2,1-4H3,(H,25,31)(H,26,27)(H,28,29)/b15-10+. The van der Waals surface area contributed by atoms with Gasteiger partial charge < -0.3 is 15.6 Å². The summed E-state index contributed by atoms with van der Waals surface area (Å²) in [5.41, 5.74) is 2.56. The zero-order valence-electron chi connectivity index (χ0n) is 17.9. The number of ketones is 1. The average Bonchev–Trinajstić information content (AvgIpc) is 3.15. The summed E-state index contributed by atoms with van der Waals surface area (Å²) in [6, 6.07) is 9.11. The Morgan fingerprint density at radius 2 is 1.94 bits per heavy atom. The van der Waals surface area contributed by atoms with Gasteiger partial charge in [-0.1, -0.05) is 32.9 Å². The third-order valence-electron chi connectivity index (χ3n) is 4.50. The first-order valence-electron chi connectivity index (χ1n) is 9.89. The van der Waals surface area contributed by atoms with Crippen molar-refractivity contribution in [3.05, 3.63) is 53.4 Å². The van der Waals surface area contributed by atoms with Crippen LogP contribution in [0.3, 0.4) is 0 Å². The fraction of sp³-hybridized carbons (Fsp3) is 0.261. The van der Waals surface area contributed by atoms with E-state index in [9.17, 15) is 14.9 Å². The molecule has 0 saturated carbocycles. The monoisotopic (exact) mass is 416 g/mol. The lowest BCUT2D eigenvalue weighted by molar-refractivity contribution is -0.116. The number of Topliss-reactive ketones (excluding diaryl/α,β-unsaturated/α-hetero) is 1. The van der Waals surface area contributed by atoms with Gasteiger partial charge in [-0.05, 0) is 30.7 Å². The number of aromatic amines is 1. The Morgan fingerprint density at radius 3 is 2.55 bits per heavy atom. The summed E-state index contributed by atoms with van der Waals surface area (Å²) >= 11 is 0. The number of hydrogen-bond donors (Lipinski definition) is 3. The number of fused-ring (bicyclic) bond motifs is 1. The minimum absolute atomic E-state index is 0.0123. The van der Waals surface area contributed by atoms with E-state index in [1.165, 1.54) is 6.08 Å². The van der Waals surface area contributed by atoms with Crippen LogP contribution in [-0.2, 0) is 4.79 Å². The summed E-state index contributed by atoms with van der Waals surface area (Å²) < 4.78 is 0. The van der Waals surface area contributed by atoms with Crippen LogP contribution in [0, 0.1) is 16.7 Å². The fourth-order valence-electron chi connectivity index (χ4n) is 2.91. The molecule has 0 radical (unpaired) electrons. The van der Waals surface area contributed by atoms with Crippen LogP contribution < -0.4 is 10.6 Å². The van der Waals surface area contributed by atoms with E-state index in [1.807, 2.05) is 39.0 Å². The maximum absolute atomic E-state index is 12.7. The Bertz CT molecular complexity index is 1190. The quantitative estimate of drug-likeness (QED) is 0.317. The van der Waals surface area contributed by atoms with Crippen molar-refractivity contribution in [3.63, 3.8) is 0 Å². The molecule has 0 unspecified atom stereocenters. The topological polar surface area (TPSA) is 124 Å². The summed E-state index contributed by atoms with van der Waals surface area (Å²) in [6.07, 6.45) is 4.76. The smallest absolute Gasteiger partial charge is 0.261 e. The molecule has 0 fully saturated rings. The Morgan fingerprint density at radius 1 is 1.23 bits per heavy atom. The van der Waals surface area contributed by atoms with Crippen LogP contribution in [0.2, 0.25) is 0 Å². The molecule has 0 aliphatic rings. The van der Waals surface area contributed by atoms with Crippen molar-refractivity contribution in [2.75, 3.05) is 11.9 Å². The summed E-state index contributed by atoms with van der Waals surface area (Å²) in [5, 5.41) is 15.0. The van der Waals surface area contributed by atoms with Crippen LogP contribution >= 0.6 is 0 Å². The number of rotatable bonds is 6. The second-order valence-corrected chi connectivity index (χ2v) is 8.01. The highest BCUT2D eigenvalue weighted by Gasteiger charge is 2.26. The van der Waals surface area contributed by atoms with Crippen LogP contribution in [0.25, 0.3) is 17.2 Å². The van der Waals surface area contributed by atoms with Crippen LogP contribution in [-0.4, -0.2) is 33.2 Å². The predicted octanol–water partition coefficient (Wildman–Crippen LogP) is 3.97. The van der Waals surface area contributed by atoms with Gasteiger partial charge in [0.25, 0.3) is 5.91 Å². The highest BCUT2D eigenvalue weighted by Crippen LogP contribution is 2.26. The van der Waals surface area contributed by atoms with E-state index in [2.05, 4.69) is 25.6 Å². The molecule has 3 N–H and O–H groups in total. The van der Waals surface area contributed by atoms with Gasteiger partial charge in [0.15, 0.2) is 11.4 Å². The van der Waals surface area contributed by atoms with Crippen molar-refractivity contribution < 1.29 is 9.59 Å². The Hall–Kier alpha value is -3.99. The predicted molar refractivity (Wildman–Crippen MR) is 120 cm³/mol. The molecule has 3 aromatic rings. The summed E-state index contributed by atoms with van der Waals surface area (Å²) in [5.74, 6) is 0.0861. The molecule has 1 aromatic carbocycles. The molecule has 0 bridgehead atoms. The first kappa shape index (κ1) is 21.7. The number of benzene rings is 1. The van der Waals surface area contributed by atoms with Gasteiger partial charge in [0.05, 0.1) is 11.8 Å². The minimum atomic E-state index is -0.528. The van der Waals surface area contributed by atoms with Gasteiger partial charge in [-0.25, -0.2) is 9.97 Å². The molecule has 3 rings (SSSR count). The van der Waals surface area contributed by atoms with Crippen LogP contribution in [0.5, 0.6) is 0 Å². The second kappa shape index (κ2) is 8.79. The number of nitriles is 1. The molecule has 0 saturated heterocycles. The van der Waals surface area contributed by atoms with Gasteiger partial charge in [0, 0.05) is 23.8 Å². The molecule has 2 heterocycles. The van der Waals surface area contributed by atoms with Crippen LogP contribution in [0.15, 0.2) is 42.2 Å². The second-order valence-electron chi connectivity index (χ2n) is 8.01. The molecule has 0 spiro atoms. The molecule has 158 valence electrons. The number of H-pyrrole nitrogens is 1. The van der Waals surface area contributed by atoms with E-state index < -0.39 is 11.3 Å². The van der Waals surface area contributed by atoms with Crippen molar-refractivity contribution >= 4 is 40.4 Å². The van der Waals surface area contributed by atoms with Crippen LogP contribution in [0.1, 0.15) is 43.6 Å². The van der Waals surface area contributed by atoms with Crippen molar-refractivity contribution in [1.82, 2.24) is 20.3 Å². The number of anilines is 2. The van der Waals surface area contributed by atoms with Crippen LogP contribution in [0.4, 0.5) is 11.5 Å². The van der Waals surface area contributed by atoms with E-state index in [0.29, 0.717) is 29.1 Å². The maximum atomic E-state index is 12.7. The number of carbonyl (C=O) groups excluding carboxylic acids is 2. The van der Waals surface area contributed by atoms with Gasteiger partial charge in [0.2, 0.25) is 0 Å². The zero-order chi connectivity index (χ0) is 22.6. The van der Waals surface area contributed by atoms with Gasteiger partial charge in [0.1, 0.15) is 23.0 Å².